The summed E-state index contributed by atoms with van der Waals surface area (Å²) in [5.74, 6) is -0.330. The Morgan fingerprint density at radius 1 is 0.912 bits per heavy atom. The number of rotatable bonds is 5. The molecule has 0 aromatic heterocycles. The lowest BCUT2D eigenvalue weighted by Crippen LogP contribution is -2.48. The van der Waals surface area contributed by atoms with Gasteiger partial charge in [0.2, 0.25) is 10.0 Å². The van der Waals surface area contributed by atoms with Gasteiger partial charge in [0.1, 0.15) is 0 Å². The fourth-order valence-corrected chi connectivity index (χ4v) is 5.60. The van der Waals surface area contributed by atoms with E-state index in [0.717, 1.165) is 12.1 Å². The maximum absolute atomic E-state index is 13.0. The number of ether oxygens (including phenoxy) is 1. The molecule has 0 spiro atoms. The molecule has 2 fully saturated rings. The van der Waals surface area contributed by atoms with Crippen LogP contribution in [0.25, 0.3) is 0 Å². The molecule has 0 aliphatic carbocycles. The van der Waals surface area contributed by atoms with Crippen LogP contribution in [0, 0.1) is 0 Å². The summed E-state index contributed by atoms with van der Waals surface area (Å²) in [5.41, 5.74) is 0.824. The van der Waals surface area contributed by atoms with E-state index in [1.807, 2.05) is 4.90 Å². The van der Waals surface area contributed by atoms with Crippen molar-refractivity contribution in [2.75, 3.05) is 57.4 Å². The molecule has 1 amide bonds. The number of sulfonamides is 1. The van der Waals surface area contributed by atoms with Crippen molar-refractivity contribution in [2.45, 2.75) is 11.9 Å². The third-order valence-electron chi connectivity index (χ3n) is 6.02. The highest BCUT2D eigenvalue weighted by atomic mass is 32.2. The summed E-state index contributed by atoms with van der Waals surface area (Å²) >= 11 is 0. The van der Waals surface area contributed by atoms with Gasteiger partial charge in [0.15, 0.2) is 0 Å². The number of hydrogen-bond donors (Lipinski definition) is 0. The van der Waals surface area contributed by atoms with Crippen molar-refractivity contribution in [3.8, 4) is 0 Å². The summed E-state index contributed by atoms with van der Waals surface area (Å²) in [4.78, 5) is 16.4. The first-order chi connectivity index (χ1) is 16.1. The Morgan fingerprint density at radius 3 is 2.18 bits per heavy atom. The maximum atomic E-state index is 13.0. The average Bonchev–Trinajstić information content (AvgIpc) is 2.84. The van der Waals surface area contributed by atoms with Crippen LogP contribution in [0.3, 0.4) is 0 Å². The van der Waals surface area contributed by atoms with Gasteiger partial charge in [-0.05, 0) is 35.9 Å². The molecule has 2 aromatic carbocycles. The van der Waals surface area contributed by atoms with Crippen molar-refractivity contribution in [2.24, 2.45) is 0 Å². The van der Waals surface area contributed by atoms with Crippen LogP contribution in [-0.2, 0) is 26.7 Å². The van der Waals surface area contributed by atoms with E-state index in [2.05, 4.69) is 0 Å². The van der Waals surface area contributed by atoms with Crippen molar-refractivity contribution in [1.82, 2.24) is 9.21 Å². The van der Waals surface area contributed by atoms with Gasteiger partial charge in [-0.3, -0.25) is 4.79 Å². The van der Waals surface area contributed by atoms with Crippen LogP contribution in [-0.4, -0.2) is 76.0 Å². The second kappa shape index (κ2) is 9.93. The molecule has 0 atom stereocenters. The Labute approximate surface area is 196 Å². The van der Waals surface area contributed by atoms with E-state index >= 15 is 0 Å². The van der Waals surface area contributed by atoms with Crippen molar-refractivity contribution in [3.05, 3.63) is 65.2 Å². The molecule has 0 N–H and O–H groups in total. The first-order valence-electron chi connectivity index (χ1n) is 11.0. The lowest BCUT2D eigenvalue weighted by atomic mass is 10.1. The summed E-state index contributed by atoms with van der Waals surface area (Å²) in [6, 6.07) is 11.7. The van der Waals surface area contributed by atoms with Crippen molar-refractivity contribution in [3.63, 3.8) is 0 Å². The Morgan fingerprint density at radius 2 is 1.56 bits per heavy atom. The molecule has 2 aliphatic heterocycles. The van der Waals surface area contributed by atoms with Crippen LogP contribution in [0.15, 0.2) is 48.5 Å². The first kappa shape index (κ1) is 24.5. The van der Waals surface area contributed by atoms with Crippen LogP contribution in [0.1, 0.15) is 21.5 Å². The zero-order valence-electron chi connectivity index (χ0n) is 18.5. The number of amides is 1. The molecule has 0 bridgehead atoms. The molecule has 2 aromatic rings. The predicted octanol–water partition coefficient (Wildman–Crippen LogP) is 2.83. The van der Waals surface area contributed by atoms with Gasteiger partial charge in [0, 0.05) is 50.5 Å². The smallest absolute Gasteiger partial charge is 0.379 e. The number of carbonyl (C=O) groups is 1. The molecule has 2 saturated heterocycles. The van der Waals surface area contributed by atoms with Gasteiger partial charge in [-0.1, -0.05) is 18.2 Å². The molecule has 4 rings (SSSR count). The normalized spacial score (nSPS) is 18.2. The average molecular weight is 498 g/mol. The highest BCUT2D eigenvalue weighted by molar-refractivity contribution is 7.88. The Balaban J connectivity index is 1.34. The van der Waals surface area contributed by atoms with Gasteiger partial charge >= 0.3 is 6.18 Å². The number of hydrogen-bond acceptors (Lipinski definition) is 5. The van der Waals surface area contributed by atoms with E-state index in [4.69, 9.17) is 4.74 Å². The topological polar surface area (TPSA) is 70.2 Å². The highest BCUT2D eigenvalue weighted by Crippen LogP contribution is 2.32. The van der Waals surface area contributed by atoms with Gasteiger partial charge in [0.25, 0.3) is 5.91 Å². The van der Waals surface area contributed by atoms with E-state index in [-0.39, 0.29) is 11.7 Å². The van der Waals surface area contributed by atoms with Crippen molar-refractivity contribution in [1.29, 1.82) is 0 Å². The van der Waals surface area contributed by atoms with Gasteiger partial charge < -0.3 is 14.5 Å². The molecule has 0 unspecified atom stereocenters. The predicted molar refractivity (Wildman–Crippen MR) is 121 cm³/mol. The molecule has 34 heavy (non-hydrogen) atoms. The second-order valence-electron chi connectivity index (χ2n) is 8.29. The number of halogens is 3. The number of piperazine rings is 1. The number of anilines is 1. The molecule has 7 nitrogen and oxygen atoms in total. The molecule has 0 radical (unpaired) electrons. The SMILES string of the molecule is O=C(c1ccc(CS(=O)(=O)N2CCOCC2)cc1)N1CCN(c2cccc(C(F)(F)F)c2)CC1. The van der Waals surface area contributed by atoms with Gasteiger partial charge in [-0.25, -0.2) is 8.42 Å². The van der Waals surface area contributed by atoms with E-state index in [1.165, 1.54) is 10.4 Å². The summed E-state index contributed by atoms with van der Waals surface area (Å²) in [6.45, 7) is 3.04. The summed E-state index contributed by atoms with van der Waals surface area (Å²) in [7, 11) is -3.45. The number of alkyl halides is 3. The van der Waals surface area contributed by atoms with Crippen LogP contribution in [0.4, 0.5) is 18.9 Å². The second-order valence-corrected chi connectivity index (χ2v) is 10.3. The Bertz CT molecular complexity index is 1110. The Kier molecular flexibility index (Phi) is 7.15. The highest BCUT2D eigenvalue weighted by Gasteiger charge is 2.31. The summed E-state index contributed by atoms with van der Waals surface area (Å²) in [5, 5.41) is 0. The van der Waals surface area contributed by atoms with E-state index < -0.39 is 21.8 Å². The van der Waals surface area contributed by atoms with Crippen LogP contribution >= 0.6 is 0 Å². The number of benzene rings is 2. The first-order valence-corrected chi connectivity index (χ1v) is 12.6. The fraction of sp³-hybridized carbons (Fsp3) is 0.435. The van der Waals surface area contributed by atoms with E-state index in [1.54, 1.807) is 35.2 Å². The molecule has 184 valence electrons. The fourth-order valence-electron chi connectivity index (χ4n) is 4.10. The third-order valence-corrected chi connectivity index (χ3v) is 7.87. The monoisotopic (exact) mass is 497 g/mol. The minimum absolute atomic E-state index is 0.142. The molecule has 2 aliphatic rings. The molecule has 2 heterocycles. The van der Waals surface area contributed by atoms with E-state index in [9.17, 15) is 26.4 Å². The number of nitrogens with zero attached hydrogens (tertiary/aromatic N) is 3. The van der Waals surface area contributed by atoms with Crippen molar-refractivity contribution >= 4 is 21.6 Å². The molecular weight excluding hydrogens is 471 g/mol. The number of carbonyl (C=O) groups excluding carboxylic acids is 1. The van der Waals surface area contributed by atoms with Gasteiger partial charge in [-0.15, -0.1) is 0 Å². The molecule has 0 saturated carbocycles. The lowest BCUT2D eigenvalue weighted by Gasteiger charge is -2.36. The zero-order chi connectivity index (χ0) is 24.3. The van der Waals surface area contributed by atoms with E-state index in [0.29, 0.717) is 69.3 Å². The lowest BCUT2D eigenvalue weighted by molar-refractivity contribution is -0.137. The van der Waals surface area contributed by atoms with Gasteiger partial charge in [0.05, 0.1) is 24.5 Å². The molecule has 11 heteroatoms. The molecular formula is C23H26F3N3O4S. The minimum atomic E-state index is -4.40. The van der Waals surface area contributed by atoms with Crippen molar-refractivity contribution < 1.29 is 31.1 Å². The standard InChI is InChI=1S/C23H26F3N3O4S/c24-23(25,26)20-2-1-3-21(16-20)27-8-10-28(11-9-27)22(30)19-6-4-18(5-7-19)17-34(31,32)29-12-14-33-15-13-29/h1-7,16H,8-15,17H2. The summed E-state index contributed by atoms with van der Waals surface area (Å²) < 4.78 is 70.7. The minimum Gasteiger partial charge on any atom is -0.379 e. The van der Waals surface area contributed by atoms with Gasteiger partial charge in [-0.2, -0.15) is 17.5 Å². The van der Waals surface area contributed by atoms with Crippen LogP contribution in [0.2, 0.25) is 0 Å². The summed E-state index contributed by atoms with van der Waals surface area (Å²) in [6.07, 6.45) is -4.40. The third kappa shape index (κ3) is 5.70. The Hall–Kier alpha value is -2.63. The number of morpholine rings is 1. The largest absolute Gasteiger partial charge is 0.416 e. The zero-order valence-corrected chi connectivity index (χ0v) is 19.3. The maximum Gasteiger partial charge on any atom is 0.416 e. The van der Waals surface area contributed by atoms with Crippen LogP contribution < -0.4 is 4.90 Å². The quantitative estimate of drug-likeness (QED) is 0.636. The van der Waals surface area contributed by atoms with Crippen LogP contribution in [0.5, 0.6) is 0 Å².